The maximum Gasteiger partial charge on any atom is 0.222 e. The Hall–Kier alpha value is -1.51. The fourth-order valence-corrected chi connectivity index (χ4v) is 4.93. The molecule has 3 nitrogen and oxygen atoms in total. The van der Waals surface area contributed by atoms with Crippen molar-refractivity contribution >= 4 is 5.91 Å². The van der Waals surface area contributed by atoms with Gasteiger partial charge in [-0.05, 0) is 36.8 Å². The summed E-state index contributed by atoms with van der Waals surface area (Å²) in [6.07, 6.45) is 12.8. The Labute approximate surface area is 151 Å². The van der Waals surface area contributed by atoms with Gasteiger partial charge in [-0.2, -0.15) is 0 Å². The number of carbonyl (C=O) groups is 1. The molecule has 2 aliphatic heterocycles. The predicted octanol–water partition coefficient (Wildman–Crippen LogP) is 4.73. The van der Waals surface area contributed by atoms with Crippen molar-refractivity contribution in [3.8, 4) is 5.75 Å². The molecule has 1 aromatic rings. The molecule has 0 atom stereocenters. The first-order valence-electron chi connectivity index (χ1n) is 10.3. The minimum Gasteiger partial charge on any atom is -0.487 e. The van der Waals surface area contributed by atoms with E-state index >= 15 is 0 Å². The molecule has 1 spiro atoms. The van der Waals surface area contributed by atoms with E-state index in [0.717, 1.165) is 63.3 Å². The van der Waals surface area contributed by atoms with Crippen LogP contribution in [0.1, 0.15) is 69.8 Å². The Morgan fingerprint density at radius 1 is 1.08 bits per heavy atom. The summed E-state index contributed by atoms with van der Waals surface area (Å²) >= 11 is 0. The van der Waals surface area contributed by atoms with Gasteiger partial charge in [-0.15, -0.1) is 0 Å². The van der Waals surface area contributed by atoms with Gasteiger partial charge < -0.3 is 9.64 Å². The number of piperidine rings is 1. The number of fused-ring (bicyclic) bond motifs is 1. The van der Waals surface area contributed by atoms with Crippen molar-refractivity contribution in [2.75, 3.05) is 13.1 Å². The van der Waals surface area contributed by atoms with Gasteiger partial charge in [-0.25, -0.2) is 0 Å². The van der Waals surface area contributed by atoms with Gasteiger partial charge in [-0.3, -0.25) is 4.79 Å². The number of para-hydroxylation sites is 1. The zero-order valence-electron chi connectivity index (χ0n) is 15.3. The number of nitrogens with zero attached hydrogens (tertiary/aromatic N) is 1. The summed E-state index contributed by atoms with van der Waals surface area (Å²) in [6, 6.07) is 8.42. The Balaban J connectivity index is 1.27. The molecule has 136 valence electrons. The Morgan fingerprint density at radius 2 is 1.84 bits per heavy atom. The third-order valence-corrected chi connectivity index (χ3v) is 6.67. The summed E-state index contributed by atoms with van der Waals surface area (Å²) in [5, 5.41) is 0. The summed E-state index contributed by atoms with van der Waals surface area (Å²) in [7, 11) is 0. The van der Waals surface area contributed by atoms with Crippen LogP contribution in [-0.2, 0) is 11.2 Å². The first-order chi connectivity index (χ1) is 12.2. The number of aryl methyl sites for hydroxylation is 1. The monoisotopic (exact) mass is 341 g/mol. The summed E-state index contributed by atoms with van der Waals surface area (Å²) in [5.41, 5.74) is 1.30. The van der Waals surface area contributed by atoms with Crippen molar-refractivity contribution in [3.63, 3.8) is 0 Å². The van der Waals surface area contributed by atoms with Crippen LogP contribution < -0.4 is 4.74 Å². The number of amides is 1. The van der Waals surface area contributed by atoms with Crippen molar-refractivity contribution in [3.05, 3.63) is 29.8 Å². The van der Waals surface area contributed by atoms with Crippen molar-refractivity contribution < 1.29 is 9.53 Å². The highest BCUT2D eigenvalue weighted by Gasteiger charge is 2.40. The number of carbonyl (C=O) groups excluding carboxylic acids is 1. The van der Waals surface area contributed by atoms with Crippen LogP contribution in [0.3, 0.4) is 0 Å². The molecule has 1 saturated heterocycles. The van der Waals surface area contributed by atoms with E-state index in [4.69, 9.17) is 4.74 Å². The van der Waals surface area contributed by atoms with Crippen molar-refractivity contribution in [2.24, 2.45) is 5.92 Å². The molecule has 1 saturated carbocycles. The van der Waals surface area contributed by atoms with E-state index in [1.54, 1.807) is 0 Å². The zero-order valence-corrected chi connectivity index (χ0v) is 15.3. The molecule has 0 unspecified atom stereocenters. The highest BCUT2D eigenvalue weighted by molar-refractivity contribution is 5.76. The maximum absolute atomic E-state index is 12.6. The molecule has 2 fully saturated rings. The second-order valence-electron chi connectivity index (χ2n) is 8.32. The van der Waals surface area contributed by atoms with E-state index in [9.17, 15) is 4.79 Å². The summed E-state index contributed by atoms with van der Waals surface area (Å²) in [4.78, 5) is 14.7. The van der Waals surface area contributed by atoms with Crippen LogP contribution in [0.25, 0.3) is 0 Å². The van der Waals surface area contributed by atoms with Gasteiger partial charge in [0.1, 0.15) is 11.4 Å². The molecule has 25 heavy (non-hydrogen) atoms. The molecule has 3 aliphatic rings. The van der Waals surface area contributed by atoms with Gasteiger partial charge >= 0.3 is 0 Å². The highest BCUT2D eigenvalue weighted by atomic mass is 16.5. The summed E-state index contributed by atoms with van der Waals surface area (Å²) in [6.45, 7) is 1.73. The number of ether oxygens (including phenoxy) is 1. The lowest BCUT2D eigenvalue weighted by Gasteiger charge is -2.44. The first-order valence-corrected chi connectivity index (χ1v) is 10.3. The van der Waals surface area contributed by atoms with E-state index in [0.29, 0.717) is 5.91 Å². The second kappa shape index (κ2) is 7.39. The van der Waals surface area contributed by atoms with Gasteiger partial charge in [0.05, 0.1) is 0 Å². The zero-order chi connectivity index (χ0) is 17.1. The molecule has 1 amide bonds. The SMILES string of the molecule is O=C(CCC1CCCCC1)N1CCC2(CCc3ccccc3O2)CC1. The van der Waals surface area contributed by atoms with Crippen LogP contribution in [0.4, 0.5) is 0 Å². The smallest absolute Gasteiger partial charge is 0.222 e. The maximum atomic E-state index is 12.6. The van der Waals surface area contributed by atoms with Crippen LogP contribution in [0.5, 0.6) is 5.75 Å². The first kappa shape index (κ1) is 16.9. The lowest BCUT2D eigenvalue weighted by molar-refractivity contribution is -0.135. The largest absolute Gasteiger partial charge is 0.487 e. The molecule has 0 bridgehead atoms. The lowest BCUT2D eigenvalue weighted by Crippen LogP contribution is -2.51. The third kappa shape index (κ3) is 3.86. The Bertz CT molecular complexity index is 598. The molecular formula is C22H31NO2. The van der Waals surface area contributed by atoms with E-state index in [2.05, 4.69) is 29.2 Å². The van der Waals surface area contributed by atoms with Gasteiger partial charge in [0.2, 0.25) is 5.91 Å². The summed E-state index contributed by atoms with van der Waals surface area (Å²) in [5.74, 6) is 2.23. The van der Waals surface area contributed by atoms with Gasteiger partial charge in [0.15, 0.2) is 0 Å². The summed E-state index contributed by atoms with van der Waals surface area (Å²) < 4.78 is 6.41. The van der Waals surface area contributed by atoms with Crippen LogP contribution in [0.2, 0.25) is 0 Å². The molecule has 1 aromatic carbocycles. The average Bonchev–Trinajstić information content (AvgIpc) is 2.67. The number of rotatable bonds is 3. The topological polar surface area (TPSA) is 29.5 Å². The third-order valence-electron chi connectivity index (χ3n) is 6.67. The van der Waals surface area contributed by atoms with Crippen molar-refractivity contribution in [1.82, 2.24) is 4.90 Å². The molecular weight excluding hydrogens is 310 g/mol. The fourth-order valence-electron chi connectivity index (χ4n) is 4.93. The Morgan fingerprint density at radius 3 is 2.64 bits per heavy atom. The van der Waals surface area contributed by atoms with Crippen molar-refractivity contribution in [2.45, 2.75) is 76.2 Å². The normalized spacial score (nSPS) is 23.1. The van der Waals surface area contributed by atoms with Gasteiger partial charge in [0.25, 0.3) is 0 Å². The fraction of sp³-hybridized carbons (Fsp3) is 0.682. The van der Waals surface area contributed by atoms with E-state index < -0.39 is 0 Å². The highest BCUT2D eigenvalue weighted by Crippen LogP contribution is 2.39. The van der Waals surface area contributed by atoms with E-state index in [1.165, 1.54) is 37.7 Å². The number of hydrogen-bond donors (Lipinski definition) is 0. The number of likely N-dealkylation sites (tertiary alicyclic amines) is 1. The molecule has 2 heterocycles. The van der Waals surface area contributed by atoms with Crippen LogP contribution in [0.15, 0.2) is 24.3 Å². The van der Waals surface area contributed by atoms with Crippen LogP contribution in [0, 0.1) is 5.92 Å². The van der Waals surface area contributed by atoms with Crippen LogP contribution in [-0.4, -0.2) is 29.5 Å². The standard InChI is InChI=1S/C22H31NO2/c24-21(11-10-18-6-2-1-3-7-18)23-16-14-22(15-17-23)13-12-19-8-4-5-9-20(19)25-22/h4-5,8-9,18H,1-3,6-7,10-17H2. The molecule has 0 N–H and O–H groups in total. The minimum atomic E-state index is -0.0332. The molecule has 3 heteroatoms. The molecule has 1 aliphatic carbocycles. The Kier molecular flexibility index (Phi) is 5.00. The van der Waals surface area contributed by atoms with Crippen LogP contribution >= 0.6 is 0 Å². The quantitative estimate of drug-likeness (QED) is 0.795. The minimum absolute atomic E-state index is 0.0332. The van der Waals surface area contributed by atoms with Gasteiger partial charge in [0, 0.05) is 32.4 Å². The predicted molar refractivity (Wildman–Crippen MR) is 99.7 cm³/mol. The van der Waals surface area contributed by atoms with E-state index in [-0.39, 0.29) is 5.60 Å². The number of benzene rings is 1. The van der Waals surface area contributed by atoms with E-state index in [1.807, 2.05) is 0 Å². The molecule has 0 radical (unpaired) electrons. The second-order valence-corrected chi connectivity index (χ2v) is 8.32. The van der Waals surface area contributed by atoms with Gasteiger partial charge in [-0.1, -0.05) is 50.3 Å². The molecule has 4 rings (SSSR count). The molecule has 0 aromatic heterocycles. The average molecular weight is 341 g/mol. The number of hydrogen-bond acceptors (Lipinski definition) is 2. The lowest BCUT2D eigenvalue weighted by atomic mass is 9.82. The van der Waals surface area contributed by atoms with Crippen molar-refractivity contribution in [1.29, 1.82) is 0 Å².